The molecule has 7 nitrogen and oxygen atoms in total. The fraction of sp³-hybridized carbons (Fsp3) is 0.280. The van der Waals surface area contributed by atoms with Gasteiger partial charge in [0, 0.05) is 52.5 Å². The highest BCUT2D eigenvalue weighted by Crippen LogP contribution is 2.33. The number of hydrogen-bond donors (Lipinski definition) is 2. The van der Waals surface area contributed by atoms with Crippen LogP contribution in [0, 0.1) is 11.7 Å². The van der Waals surface area contributed by atoms with Crippen molar-refractivity contribution in [3.8, 4) is 11.5 Å². The Morgan fingerprint density at radius 2 is 2.09 bits per heavy atom. The van der Waals surface area contributed by atoms with E-state index in [1.54, 1.807) is 36.1 Å². The Morgan fingerprint density at radius 1 is 1.31 bits per heavy atom. The summed E-state index contributed by atoms with van der Waals surface area (Å²) in [6.07, 6.45) is 3.15. The van der Waals surface area contributed by atoms with E-state index in [2.05, 4.69) is 5.32 Å². The molecule has 3 N–H and O–H groups in total. The standard InChI is InChI=1S/C25H24Cl2FN3O4/c1-14(26)4-16(8-29)19-5-17(27)2-3-23(19)34-12-15-10-31(11-15)25(33)20-6-22-24(7-21(20)28)35-13-18(32)9-30-22/h2-8,15,30H,9-13,29H2,1H3/b14-4+,16-8+. The topological polar surface area (TPSA) is 93.9 Å². The summed E-state index contributed by atoms with van der Waals surface area (Å²) < 4.78 is 25.9. The van der Waals surface area contributed by atoms with Gasteiger partial charge in [-0.1, -0.05) is 23.2 Å². The van der Waals surface area contributed by atoms with Crippen LogP contribution in [0.25, 0.3) is 5.57 Å². The molecule has 1 amide bonds. The van der Waals surface area contributed by atoms with Crippen LogP contribution in [0.5, 0.6) is 11.5 Å². The van der Waals surface area contributed by atoms with Crippen LogP contribution in [0.15, 0.2) is 47.6 Å². The number of nitrogens with two attached hydrogens (primary N) is 1. The number of rotatable bonds is 6. The van der Waals surface area contributed by atoms with Gasteiger partial charge < -0.3 is 25.4 Å². The highest BCUT2D eigenvalue weighted by Gasteiger charge is 2.33. The zero-order chi connectivity index (χ0) is 25.1. The van der Waals surface area contributed by atoms with Crippen molar-refractivity contribution in [3.05, 3.63) is 69.6 Å². The number of likely N-dealkylation sites (tertiary alicyclic amines) is 1. The molecule has 2 heterocycles. The number of halogens is 3. The third kappa shape index (κ3) is 5.71. The summed E-state index contributed by atoms with van der Waals surface area (Å²) in [5.74, 6) is -0.416. The predicted molar refractivity (Wildman–Crippen MR) is 134 cm³/mol. The number of fused-ring (bicyclic) bond motifs is 1. The third-order valence-electron chi connectivity index (χ3n) is 5.67. The van der Waals surface area contributed by atoms with Gasteiger partial charge in [-0.25, -0.2) is 4.39 Å². The van der Waals surface area contributed by atoms with Gasteiger partial charge in [-0.2, -0.15) is 0 Å². The summed E-state index contributed by atoms with van der Waals surface area (Å²) in [6, 6.07) is 7.74. The van der Waals surface area contributed by atoms with Gasteiger partial charge in [0.15, 0.2) is 5.78 Å². The molecule has 1 saturated heterocycles. The van der Waals surface area contributed by atoms with Crippen LogP contribution in [0.1, 0.15) is 22.8 Å². The Kier molecular flexibility index (Phi) is 7.52. The lowest BCUT2D eigenvalue weighted by molar-refractivity contribution is -0.119. The zero-order valence-corrected chi connectivity index (χ0v) is 20.5. The molecule has 2 aliphatic heterocycles. The minimum Gasteiger partial charge on any atom is -0.493 e. The molecule has 2 aliphatic rings. The number of allylic oxidation sites excluding steroid dienone is 3. The number of amides is 1. The Hall–Kier alpha value is -3.23. The van der Waals surface area contributed by atoms with Crippen molar-refractivity contribution >= 4 is 46.2 Å². The van der Waals surface area contributed by atoms with Crippen LogP contribution in [-0.4, -0.2) is 49.4 Å². The number of anilines is 1. The van der Waals surface area contributed by atoms with Crippen LogP contribution >= 0.6 is 23.2 Å². The minimum absolute atomic E-state index is 0.0589. The van der Waals surface area contributed by atoms with E-state index in [0.717, 1.165) is 6.07 Å². The van der Waals surface area contributed by atoms with Crippen molar-refractivity contribution in [1.29, 1.82) is 0 Å². The molecule has 10 heteroatoms. The molecule has 2 aromatic rings. The van der Waals surface area contributed by atoms with E-state index in [1.807, 2.05) is 0 Å². The highest BCUT2D eigenvalue weighted by molar-refractivity contribution is 6.31. The molecule has 1 fully saturated rings. The lowest BCUT2D eigenvalue weighted by Gasteiger charge is -2.39. The van der Waals surface area contributed by atoms with E-state index in [-0.39, 0.29) is 36.2 Å². The summed E-state index contributed by atoms with van der Waals surface area (Å²) in [5, 5.41) is 3.97. The lowest BCUT2D eigenvalue weighted by atomic mass is 9.99. The van der Waals surface area contributed by atoms with Crippen molar-refractivity contribution < 1.29 is 23.5 Å². The number of nitrogens with one attached hydrogen (secondary N) is 1. The van der Waals surface area contributed by atoms with E-state index in [9.17, 15) is 14.0 Å². The number of ketones is 1. The minimum atomic E-state index is -0.695. The highest BCUT2D eigenvalue weighted by atomic mass is 35.5. The first-order valence-corrected chi connectivity index (χ1v) is 11.7. The van der Waals surface area contributed by atoms with Gasteiger partial charge in [0.25, 0.3) is 5.91 Å². The van der Waals surface area contributed by atoms with E-state index in [4.69, 9.17) is 38.4 Å². The lowest BCUT2D eigenvalue weighted by Crippen LogP contribution is -2.52. The van der Waals surface area contributed by atoms with Gasteiger partial charge >= 0.3 is 0 Å². The van der Waals surface area contributed by atoms with E-state index in [1.165, 1.54) is 12.3 Å². The fourth-order valence-electron chi connectivity index (χ4n) is 3.88. The number of nitrogens with zero attached hydrogens (tertiary/aromatic N) is 1. The van der Waals surface area contributed by atoms with Crippen molar-refractivity contribution in [2.45, 2.75) is 6.92 Å². The van der Waals surface area contributed by atoms with Crippen LogP contribution in [0.2, 0.25) is 5.02 Å². The Bertz CT molecular complexity index is 1220. The predicted octanol–water partition coefficient (Wildman–Crippen LogP) is 4.45. The number of benzene rings is 2. The van der Waals surface area contributed by atoms with E-state index < -0.39 is 11.7 Å². The number of Topliss-reactive ketones (excluding diaryl/α,β-unsaturated/α-hetero) is 1. The van der Waals surface area contributed by atoms with Gasteiger partial charge in [0.05, 0.1) is 24.4 Å². The molecule has 184 valence electrons. The molecule has 0 spiro atoms. The normalized spacial score (nSPS) is 16.6. The van der Waals surface area contributed by atoms with Gasteiger partial charge in [-0.3, -0.25) is 9.59 Å². The first-order valence-electron chi connectivity index (χ1n) is 10.9. The summed E-state index contributed by atoms with van der Waals surface area (Å²) in [4.78, 5) is 26.0. The largest absolute Gasteiger partial charge is 0.493 e. The summed E-state index contributed by atoms with van der Waals surface area (Å²) >= 11 is 12.2. The maximum atomic E-state index is 14.6. The van der Waals surface area contributed by atoms with Crippen molar-refractivity contribution in [1.82, 2.24) is 4.90 Å². The Labute approximate surface area is 212 Å². The molecule has 0 atom stereocenters. The summed E-state index contributed by atoms with van der Waals surface area (Å²) in [5.41, 5.74) is 7.48. The maximum Gasteiger partial charge on any atom is 0.256 e. The number of carbonyl (C=O) groups is 2. The molecule has 0 saturated carbocycles. The Morgan fingerprint density at radius 3 is 2.80 bits per heavy atom. The second-order valence-electron chi connectivity index (χ2n) is 8.39. The van der Waals surface area contributed by atoms with E-state index >= 15 is 0 Å². The van der Waals surface area contributed by atoms with Crippen molar-refractivity contribution in [2.75, 3.05) is 38.2 Å². The molecule has 0 unspecified atom stereocenters. The van der Waals surface area contributed by atoms with E-state index in [0.29, 0.717) is 52.3 Å². The summed E-state index contributed by atoms with van der Waals surface area (Å²) in [6.45, 7) is 2.85. The number of carbonyl (C=O) groups excluding carboxylic acids is 2. The van der Waals surface area contributed by atoms with Crippen LogP contribution < -0.4 is 20.5 Å². The van der Waals surface area contributed by atoms with Crippen molar-refractivity contribution in [2.24, 2.45) is 11.7 Å². The molecular weight excluding hydrogens is 496 g/mol. The second kappa shape index (κ2) is 10.6. The molecule has 0 bridgehead atoms. The first-order chi connectivity index (χ1) is 16.7. The van der Waals surface area contributed by atoms with Gasteiger partial charge in [-0.05, 0) is 37.3 Å². The average molecular weight is 520 g/mol. The molecular formula is C25H24Cl2FN3O4. The molecule has 0 radical (unpaired) electrons. The van der Waals surface area contributed by atoms with Crippen LogP contribution in [-0.2, 0) is 4.79 Å². The first kappa shape index (κ1) is 24.9. The summed E-state index contributed by atoms with van der Waals surface area (Å²) in [7, 11) is 0. The fourth-order valence-corrected chi connectivity index (χ4v) is 4.17. The molecule has 2 aromatic carbocycles. The van der Waals surface area contributed by atoms with Gasteiger partial charge in [0.1, 0.15) is 23.9 Å². The Balaban J connectivity index is 1.39. The molecule has 0 aromatic heterocycles. The second-order valence-corrected chi connectivity index (χ2v) is 9.42. The molecule has 4 rings (SSSR count). The van der Waals surface area contributed by atoms with Crippen molar-refractivity contribution in [3.63, 3.8) is 0 Å². The quantitative estimate of drug-likeness (QED) is 0.547. The number of ether oxygens (including phenoxy) is 2. The average Bonchev–Trinajstić information content (AvgIpc) is 2.97. The monoisotopic (exact) mass is 519 g/mol. The maximum absolute atomic E-state index is 14.6. The van der Waals surface area contributed by atoms with Crippen LogP contribution in [0.4, 0.5) is 10.1 Å². The van der Waals surface area contributed by atoms with Gasteiger partial charge in [0.2, 0.25) is 0 Å². The molecule has 0 aliphatic carbocycles. The zero-order valence-electron chi connectivity index (χ0n) is 18.9. The van der Waals surface area contributed by atoms with Crippen LogP contribution in [0.3, 0.4) is 0 Å². The smallest absolute Gasteiger partial charge is 0.256 e. The third-order valence-corrected chi connectivity index (χ3v) is 6.01. The SMILES string of the molecule is C/C(Cl)=C\C(=C/N)c1cc(Cl)ccc1OCC1CN(C(=O)c2cc3c(cc2F)OCC(=O)CN3)C1. The number of hydrogen-bond acceptors (Lipinski definition) is 6. The van der Waals surface area contributed by atoms with Gasteiger partial charge in [-0.15, -0.1) is 0 Å². The molecule has 35 heavy (non-hydrogen) atoms.